The van der Waals surface area contributed by atoms with Crippen molar-refractivity contribution in [3.05, 3.63) is 0 Å². The molecule has 1 aliphatic heterocycles. The molecule has 11 heavy (non-hydrogen) atoms. The quantitative estimate of drug-likeness (QED) is 0.541. The van der Waals surface area contributed by atoms with Crippen molar-refractivity contribution in [1.82, 2.24) is 0 Å². The molecule has 0 amide bonds. The maximum atomic E-state index is 11.0. The molecule has 3 nitrogen and oxygen atoms in total. The van der Waals surface area contributed by atoms with E-state index in [-0.39, 0.29) is 17.3 Å². The van der Waals surface area contributed by atoms with Crippen LogP contribution < -0.4 is 0 Å². The first-order valence-corrected chi connectivity index (χ1v) is 5.64. The van der Waals surface area contributed by atoms with Crippen molar-refractivity contribution >= 4 is 15.6 Å². The number of carbonyl (C=O) groups excluding carboxylic acids is 1. The van der Waals surface area contributed by atoms with Gasteiger partial charge in [0.1, 0.15) is 15.6 Å². The highest BCUT2D eigenvalue weighted by Gasteiger charge is 2.15. The Morgan fingerprint density at radius 1 is 1.00 bits per heavy atom. The van der Waals surface area contributed by atoms with Gasteiger partial charge < -0.3 is 0 Å². The van der Waals surface area contributed by atoms with Crippen molar-refractivity contribution in [3.63, 3.8) is 0 Å². The molecule has 0 radical (unpaired) electrons. The number of carbonyl (C=O) groups is 1. The smallest absolute Gasteiger partial charge is 0.150 e. The van der Waals surface area contributed by atoms with Crippen LogP contribution in [0.25, 0.3) is 0 Å². The SMILES string of the molecule is O=C1CCCS(=O)(=O)CCC1. The Hall–Kier alpha value is -0.380. The monoisotopic (exact) mass is 176 g/mol. The van der Waals surface area contributed by atoms with Gasteiger partial charge in [-0.25, -0.2) is 8.42 Å². The highest BCUT2D eigenvalue weighted by molar-refractivity contribution is 7.91. The minimum Gasteiger partial charge on any atom is -0.300 e. The summed E-state index contributed by atoms with van der Waals surface area (Å²) in [7, 11) is -2.82. The Kier molecular flexibility index (Phi) is 2.65. The molecule has 1 aliphatic rings. The molecule has 1 fully saturated rings. The number of hydrogen-bond donors (Lipinski definition) is 0. The van der Waals surface area contributed by atoms with Crippen LogP contribution in [0.15, 0.2) is 0 Å². The molecule has 0 aromatic carbocycles. The van der Waals surface area contributed by atoms with Crippen molar-refractivity contribution < 1.29 is 13.2 Å². The van der Waals surface area contributed by atoms with Gasteiger partial charge in [-0.1, -0.05) is 0 Å². The van der Waals surface area contributed by atoms with E-state index in [1.54, 1.807) is 0 Å². The number of ketones is 1. The predicted octanol–water partition coefficient (Wildman–Crippen LogP) is 0.544. The van der Waals surface area contributed by atoms with Crippen LogP contribution in [-0.2, 0) is 14.6 Å². The molecule has 0 saturated carbocycles. The maximum Gasteiger partial charge on any atom is 0.150 e. The predicted molar refractivity (Wildman–Crippen MR) is 42.1 cm³/mol. The molecule has 0 N–H and O–H groups in total. The molecule has 4 heteroatoms. The molecule has 1 rings (SSSR count). The summed E-state index contributed by atoms with van der Waals surface area (Å²) < 4.78 is 22.0. The molecule has 0 aromatic rings. The van der Waals surface area contributed by atoms with Gasteiger partial charge in [0.25, 0.3) is 0 Å². The van der Waals surface area contributed by atoms with E-state index in [4.69, 9.17) is 0 Å². The summed E-state index contributed by atoms with van der Waals surface area (Å²) in [6, 6.07) is 0. The second-order valence-corrected chi connectivity index (χ2v) is 5.20. The van der Waals surface area contributed by atoms with E-state index in [1.165, 1.54) is 0 Å². The first-order chi connectivity index (χ1) is 5.10. The van der Waals surface area contributed by atoms with Crippen LogP contribution in [-0.4, -0.2) is 25.7 Å². The Labute approximate surface area is 66.7 Å². The average Bonchev–Trinajstić information content (AvgIpc) is 1.83. The van der Waals surface area contributed by atoms with Crippen molar-refractivity contribution in [2.24, 2.45) is 0 Å². The van der Waals surface area contributed by atoms with E-state index in [0.29, 0.717) is 25.7 Å². The minimum atomic E-state index is -2.82. The summed E-state index contributed by atoms with van der Waals surface area (Å²) in [5, 5.41) is 0. The van der Waals surface area contributed by atoms with E-state index in [1.807, 2.05) is 0 Å². The van der Waals surface area contributed by atoms with E-state index in [2.05, 4.69) is 0 Å². The molecule has 0 unspecified atom stereocenters. The van der Waals surface area contributed by atoms with E-state index >= 15 is 0 Å². The van der Waals surface area contributed by atoms with Crippen LogP contribution >= 0.6 is 0 Å². The van der Waals surface area contributed by atoms with Crippen LogP contribution in [0.5, 0.6) is 0 Å². The fourth-order valence-corrected chi connectivity index (χ4v) is 2.58. The normalized spacial score (nSPS) is 25.6. The molecule has 0 spiro atoms. The zero-order valence-electron chi connectivity index (χ0n) is 6.38. The Balaban J connectivity index is 2.54. The van der Waals surface area contributed by atoms with Gasteiger partial charge in [-0.2, -0.15) is 0 Å². The average molecular weight is 176 g/mol. The van der Waals surface area contributed by atoms with Crippen LogP contribution in [0.4, 0.5) is 0 Å². The summed E-state index contributed by atoms with van der Waals surface area (Å²) in [5.41, 5.74) is 0. The fraction of sp³-hybridized carbons (Fsp3) is 0.857. The Bertz CT molecular complexity index is 222. The van der Waals surface area contributed by atoms with E-state index in [0.717, 1.165) is 0 Å². The van der Waals surface area contributed by atoms with Gasteiger partial charge in [-0.3, -0.25) is 4.79 Å². The van der Waals surface area contributed by atoms with Gasteiger partial charge in [0.15, 0.2) is 0 Å². The van der Waals surface area contributed by atoms with Gasteiger partial charge in [0.2, 0.25) is 0 Å². The third-order valence-corrected chi connectivity index (χ3v) is 3.64. The fourth-order valence-electron chi connectivity index (χ4n) is 1.21. The third-order valence-electron chi connectivity index (χ3n) is 1.82. The summed E-state index contributed by atoms with van der Waals surface area (Å²) in [6.07, 6.45) is 1.92. The molecule has 0 atom stereocenters. The molecular weight excluding hydrogens is 164 g/mol. The van der Waals surface area contributed by atoms with Crippen LogP contribution in [0, 0.1) is 0 Å². The number of sulfone groups is 1. The highest BCUT2D eigenvalue weighted by atomic mass is 32.2. The lowest BCUT2D eigenvalue weighted by atomic mass is 10.1. The zero-order valence-corrected chi connectivity index (χ0v) is 7.19. The molecular formula is C7H12O3S. The van der Waals surface area contributed by atoms with Crippen LogP contribution in [0.3, 0.4) is 0 Å². The van der Waals surface area contributed by atoms with Gasteiger partial charge in [0.05, 0.1) is 11.5 Å². The minimum absolute atomic E-state index is 0.193. The molecule has 1 heterocycles. The highest BCUT2D eigenvalue weighted by Crippen LogP contribution is 2.08. The molecule has 64 valence electrons. The maximum absolute atomic E-state index is 11.0. The Morgan fingerprint density at radius 3 is 1.91 bits per heavy atom. The number of Topliss-reactive ketones (excluding diaryl/α,β-unsaturated/α-hetero) is 1. The third kappa shape index (κ3) is 3.01. The van der Waals surface area contributed by atoms with Crippen LogP contribution in [0.2, 0.25) is 0 Å². The van der Waals surface area contributed by atoms with Crippen molar-refractivity contribution in [3.8, 4) is 0 Å². The molecule has 0 bridgehead atoms. The van der Waals surface area contributed by atoms with Gasteiger partial charge in [-0.05, 0) is 12.8 Å². The lowest BCUT2D eigenvalue weighted by Gasteiger charge is -2.07. The zero-order chi connectivity index (χ0) is 8.32. The molecule has 1 saturated heterocycles. The lowest BCUT2D eigenvalue weighted by Crippen LogP contribution is -2.16. The largest absolute Gasteiger partial charge is 0.300 e. The molecule has 0 aliphatic carbocycles. The molecule has 0 aromatic heterocycles. The second-order valence-electron chi connectivity index (χ2n) is 2.90. The second kappa shape index (κ2) is 3.34. The lowest BCUT2D eigenvalue weighted by molar-refractivity contribution is -0.119. The topological polar surface area (TPSA) is 51.2 Å². The van der Waals surface area contributed by atoms with Crippen molar-refractivity contribution in [2.45, 2.75) is 25.7 Å². The van der Waals surface area contributed by atoms with Gasteiger partial charge >= 0.3 is 0 Å². The summed E-state index contributed by atoms with van der Waals surface area (Å²) in [6.45, 7) is 0. The van der Waals surface area contributed by atoms with Crippen molar-refractivity contribution in [1.29, 1.82) is 0 Å². The summed E-state index contributed by atoms with van der Waals surface area (Å²) >= 11 is 0. The summed E-state index contributed by atoms with van der Waals surface area (Å²) in [4.78, 5) is 10.9. The van der Waals surface area contributed by atoms with Gasteiger partial charge in [0, 0.05) is 12.8 Å². The summed E-state index contributed by atoms with van der Waals surface area (Å²) in [5.74, 6) is 0.595. The van der Waals surface area contributed by atoms with E-state index in [9.17, 15) is 13.2 Å². The van der Waals surface area contributed by atoms with Crippen molar-refractivity contribution in [2.75, 3.05) is 11.5 Å². The van der Waals surface area contributed by atoms with E-state index < -0.39 is 9.84 Å². The number of rotatable bonds is 0. The van der Waals surface area contributed by atoms with Gasteiger partial charge in [-0.15, -0.1) is 0 Å². The standard InChI is InChI=1S/C7H12O3S/c8-7-3-1-5-11(9,10)6-2-4-7/h1-6H2. The first-order valence-electron chi connectivity index (χ1n) is 3.82. The first kappa shape index (κ1) is 8.71. The number of hydrogen-bond acceptors (Lipinski definition) is 3. The van der Waals surface area contributed by atoms with Crippen LogP contribution in [0.1, 0.15) is 25.7 Å². The Morgan fingerprint density at radius 2 is 1.45 bits per heavy atom.